The lowest BCUT2D eigenvalue weighted by Gasteiger charge is -2.20. The van der Waals surface area contributed by atoms with E-state index < -0.39 is 51.1 Å². The lowest BCUT2D eigenvalue weighted by Crippen LogP contribution is -2.34. The quantitative estimate of drug-likeness (QED) is 0.0230. The maximum atomic E-state index is 12.7. The number of ether oxygens (including phenoxy) is 2. The lowest BCUT2D eigenvalue weighted by atomic mass is 10.0. The highest BCUT2D eigenvalue weighted by Gasteiger charge is 2.28. The monoisotopic (exact) mass is 896 g/mol. The van der Waals surface area contributed by atoms with Gasteiger partial charge in [0.1, 0.15) is 12.6 Å². The molecule has 0 aromatic carbocycles. The summed E-state index contributed by atoms with van der Waals surface area (Å²) in [6.07, 6.45) is 51.9. The largest absolute Gasteiger partial charge is 0.480 e. The van der Waals surface area contributed by atoms with Gasteiger partial charge in [0.15, 0.2) is 6.10 Å². The summed E-state index contributed by atoms with van der Waals surface area (Å²) < 4.78 is 32.7. The number of aliphatic carboxylic acids is 1. The van der Waals surface area contributed by atoms with Crippen molar-refractivity contribution in [1.82, 2.24) is 0 Å². The van der Waals surface area contributed by atoms with Crippen molar-refractivity contribution >= 4 is 25.7 Å². The number of phosphoric acid groups is 1. The molecule has 4 N–H and O–H groups in total. The number of carbonyl (C=O) groups is 3. The van der Waals surface area contributed by atoms with Gasteiger partial charge in [0.25, 0.3) is 0 Å². The van der Waals surface area contributed by atoms with Crippen LogP contribution in [0.15, 0.2) is 48.6 Å². The van der Waals surface area contributed by atoms with E-state index in [1.807, 2.05) is 0 Å². The number of unbranched alkanes of at least 4 members (excludes halogenated alkanes) is 24. The number of nitrogens with two attached hydrogens (primary N) is 1. The molecule has 0 fully saturated rings. The number of hydrogen-bond acceptors (Lipinski definition) is 9. The van der Waals surface area contributed by atoms with Crippen LogP contribution in [0.3, 0.4) is 0 Å². The van der Waals surface area contributed by atoms with Crippen LogP contribution in [0, 0.1) is 0 Å². The third-order valence-electron chi connectivity index (χ3n) is 10.6. The Morgan fingerprint density at radius 1 is 0.516 bits per heavy atom. The van der Waals surface area contributed by atoms with Gasteiger partial charge < -0.3 is 25.2 Å². The van der Waals surface area contributed by atoms with E-state index in [0.717, 1.165) is 64.2 Å². The molecule has 11 nitrogen and oxygen atoms in total. The smallest absolute Gasteiger partial charge is 0.472 e. The zero-order valence-electron chi connectivity index (χ0n) is 39.2. The third kappa shape index (κ3) is 44.1. The van der Waals surface area contributed by atoms with Crippen molar-refractivity contribution in [2.75, 3.05) is 19.8 Å². The highest BCUT2D eigenvalue weighted by atomic mass is 31.2. The summed E-state index contributed by atoms with van der Waals surface area (Å²) in [5, 5.41) is 8.91. The lowest BCUT2D eigenvalue weighted by molar-refractivity contribution is -0.161. The van der Waals surface area contributed by atoms with Crippen molar-refractivity contribution in [1.29, 1.82) is 0 Å². The second-order valence-electron chi connectivity index (χ2n) is 16.6. The van der Waals surface area contributed by atoms with Gasteiger partial charge in [-0.3, -0.25) is 23.4 Å². The third-order valence-corrected chi connectivity index (χ3v) is 11.5. The van der Waals surface area contributed by atoms with Crippen molar-refractivity contribution in [3.05, 3.63) is 48.6 Å². The van der Waals surface area contributed by atoms with Crippen LogP contribution in [0.2, 0.25) is 0 Å². The number of carboxylic acid groups (broad SMARTS) is 1. The van der Waals surface area contributed by atoms with Gasteiger partial charge in [-0.25, -0.2) is 4.57 Å². The number of carbonyl (C=O) groups excluding carboxylic acids is 2. The molecule has 0 rings (SSSR count). The number of hydrogen-bond donors (Lipinski definition) is 3. The molecule has 12 heteroatoms. The molecule has 3 atom stereocenters. The van der Waals surface area contributed by atoms with E-state index in [1.54, 1.807) is 0 Å². The molecule has 0 amide bonds. The summed E-state index contributed by atoms with van der Waals surface area (Å²) in [6.45, 7) is 2.67. The van der Waals surface area contributed by atoms with E-state index in [1.165, 1.54) is 109 Å². The predicted octanol–water partition coefficient (Wildman–Crippen LogP) is 13.7. The molecule has 0 aliphatic rings. The Morgan fingerprint density at radius 3 is 1.42 bits per heavy atom. The summed E-state index contributed by atoms with van der Waals surface area (Å²) in [5.74, 6) is -2.44. The molecule has 0 saturated carbocycles. The Balaban J connectivity index is 4.28. The molecule has 0 aromatic heterocycles. The fourth-order valence-electron chi connectivity index (χ4n) is 6.73. The second-order valence-corrected chi connectivity index (χ2v) is 18.0. The standard InChI is InChI=1S/C50H90NO10P/c1-3-5-7-9-11-13-15-17-19-20-21-22-23-24-25-26-28-30-32-34-36-38-40-42-49(53)61-46(44-59-62(56,57)60-45-47(51)50(54)55)43-58-48(52)41-39-37-35-33-31-29-27-18-16-14-12-10-8-6-4-2/h6,8,12,14,18,27,34,36,46-47H,3-5,7,9-11,13,15-17,19-26,28-33,35,37-45,51H2,1-2H3,(H,54,55)(H,56,57)/b8-6+,14-12+,27-18+,36-34+/t46-,47-/m0/s1. The molecule has 1 unspecified atom stereocenters. The molecule has 0 aliphatic carbocycles. The van der Waals surface area contributed by atoms with Crippen LogP contribution < -0.4 is 5.73 Å². The Morgan fingerprint density at radius 2 is 0.919 bits per heavy atom. The van der Waals surface area contributed by atoms with Crippen molar-refractivity contribution in [3.63, 3.8) is 0 Å². The average molecular weight is 896 g/mol. The molecule has 0 bridgehead atoms. The number of phosphoric ester groups is 1. The summed E-state index contributed by atoms with van der Waals surface area (Å²) >= 11 is 0. The van der Waals surface area contributed by atoms with Crippen LogP contribution in [-0.4, -0.2) is 59.9 Å². The van der Waals surface area contributed by atoms with E-state index in [9.17, 15) is 23.8 Å². The van der Waals surface area contributed by atoms with Gasteiger partial charge in [0, 0.05) is 12.8 Å². The fourth-order valence-corrected chi connectivity index (χ4v) is 7.51. The molecule has 62 heavy (non-hydrogen) atoms. The predicted molar refractivity (Wildman–Crippen MR) is 254 cm³/mol. The first-order chi connectivity index (χ1) is 30.1. The normalized spacial score (nSPS) is 14.0. The van der Waals surface area contributed by atoms with Gasteiger partial charge >= 0.3 is 25.7 Å². The maximum Gasteiger partial charge on any atom is 0.472 e. The molecular formula is C50H90NO10P. The molecular weight excluding hydrogens is 806 g/mol. The summed E-state index contributed by atoms with van der Waals surface area (Å²) in [7, 11) is -4.73. The van der Waals surface area contributed by atoms with Crippen LogP contribution in [0.1, 0.15) is 219 Å². The number of carboxylic acids is 1. The van der Waals surface area contributed by atoms with Crippen molar-refractivity contribution in [3.8, 4) is 0 Å². The van der Waals surface area contributed by atoms with E-state index >= 15 is 0 Å². The fraction of sp³-hybridized carbons (Fsp3) is 0.780. The topological polar surface area (TPSA) is 172 Å². The zero-order valence-corrected chi connectivity index (χ0v) is 40.1. The second kappa shape index (κ2) is 45.0. The van der Waals surface area contributed by atoms with E-state index in [2.05, 4.69) is 67.0 Å². The molecule has 0 aliphatic heterocycles. The van der Waals surface area contributed by atoms with Gasteiger partial charge in [-0.15, -0.1) is 0 Å². The summed E-state index contributed by atoms with van der Waals surface area (Å²) in [6, 6.07) is -1.53. The van der Waals surface area contributed by atoms with Gasteiger partial charge in [0.2, 0.25) is 0 Å². The van der Waals surface area contributed by atoms with Gasteiger partial charge in [-0.1, -0.05) is 191 Å². The minimum absolute atomic E-state index is 0.110. The first-order valence-corrected chi connectivity index (χ1v) is 26.2. The Kier molecular flexibility index (Phi) is 43.2. The van der Waals surface area contributed by atoms with Gasteiger partial charge in [-0.2, -0.15) is 0 Å². The van der Waals surface area contributed by atoms with Gasteiger partial charge in [0.05, 0.1) is 13.2 Å². The van der Waals surface area contributed by atoms with E-state index in [4.69, 9.17) is 24.8 Å². The van der Waals surface area contributed by atoms with E-state index in [-0.39, 0.29) is 19.4 Å². The molecule has 0 spiro atoms. The van der Waals surface area contributed by atoms with Crippen LogP contribution in [0.4, 0.5) is 0 Å². The minimum Gasteiger partial charge on any atom is -0.480 e. The summed E-state index contributed by atoms with van der Waals surface area (Å²) in [4.78, 5) is 46.1. The molecule has 0 aromatic rings. The minimum atomic E-state index is -4.73. The maximum absolute atomic E-state index is 12.7. The first-order valence-electron chi connectivity index (χ1n) is 24.7. The highest BCUT2D eigenvalue weighted by molar-refractivity contribution is 7.47. The van der Waals surface area contributed by atoms with Gasteiger partial charge in [-0.05, 0) is 64.2 Å². The van der Waals surface area contributed by atoms with E-state index in [0.29, 0.717) is 19.3 Å². The molecule has 360 valence electrons. The van der Waals surface area contributed by atoms with Crippen molar-refractivity contribution in [2.45, 2.75) is 231 Å². The number of allylic oxidation sites excluding steroid dienone is 8. The van der Waals surface area contributed by atoms with Crippen molar-refractivity contribution < 1.29 is 47.5 Å². The average Bonchev–Trinajstić information content (AvgIpc) is 3.25. The molecule has 0 heterocycles. The van der Waals surface area contributed by atoms with Crippen LogP contribution in [0.25, 0.3) is 0 Å². The Bertz CT molecular complexity index is 1240. The van der Waals surface area contributed by atoms with Crippen molar-refractivity contribution in [2.24, 2.45) is 5.73 Å². The number of esters is 2. The Labute approximate surface area is 377 Å². The zero-order chi connectivity index (χ0) is 45.6. The SMILES string of the molecule is CC/C=C/C/C=C/C/C=C/CCCCCCCC(=O)OC[C@@H](COP(=O)(O)OC[C@H](N)C(=O)O)OC(=O)CCC/C=C/CCCCCCCCCCCCCCCCCCCC. The molecule has 0 radical (unpaired) electrons. The summed E-state index contributed by atoms with van der Waals surface area (Å²) in [5.41, 5.74) is 5.34. The van der Waals surface area contributed by atoms with Crippen LogP contribution >= 0.6 is 7.82 Å². The highest BCUT2D eigenvalue weighted by Crippen LogP contribution is 2.43. The van der Waals surface area contributed by atoms with Crippen LogP contribution in [0.5, 0.6) is 0 Å². The molecule has 0 saturated heterocycles. The first kappa shape index (κ1) is 59.4. The number of rotatable bonds is 46. The van der Waals surface area contributed by atoms with Crippen LogP contribution in [-0.2, 0) is 37.5 Å². The Hall–Kier alpha value is -2.56.